The quantitative estimate of drug-likeness (QED) is 0.818. The van der Waals surface area contributed by atoms with Crippen molar-refractivity contribution in [3.63, 3.8) is 0 Å². The van der Waals surface area contributed by atoms with Crippen LogP contribution in [0, 0.1) is 0 Å². The number of hydrogen-bond donors (Lipinski definition) is 2. The molecule has 0 spiro atoms. The van der Waals surface area contributed by atoms with Crippen LogP contribution < -0.4 is 14.8 Å². The van der Waals surface area contributed by atoms with E-state index < -0.39 is 6.09 Å². The highest BCUT2D eigenvalue weighted by atomic mass is 16.6. The van der Waals surface area contributed by atoms with Crippen LogP contribution in [0.15, 0.2) is 18.2 Å². The Kier molecular flexibility index (Phi) is 5.95. The molecule has 1 rings (SSSR count). The molecular weight excluding hydrogens is 250 g/mol. The number of aliphatic hydroxyl groups excluding tert-OH is 1. The first-order chi connectivity index (χ1) is 9.12. The Labute approximate surface area is 112 Å². The van der Waals surface area contributed by atoms with Crippen LogP contribution in [-0.4, -0.2) is 38.6 Å². The molecule has 0 bridgehead atoms. The molecule has 2 N–H and O–H groups in total. The van der Waals surface area contributed by atoms with E-state index in [9.17, 15) is 4.79 Å². The molecule has 0 aromatic heterocycles. The summed E-state index contributed by atoms with van der Waals surface area (Å²) in [5.74, 6) is 1.22. The minimum absolute atomic E-state index is 0.0233. The van der Waals surface area contributed by atoms with Gasteiger partial charge in [-0.1, -0.05) is 6.07 Å². The smallest absolute Gasteiger partial charge is 0.407 e. The highest BCUT2D eigenvalue weighted by Crippen LogP contribution is 2.29. The van der Waals surface area contributed by atoms with Crippen molar-refractivity contribution in [3.8, 4) is 11.5 Å². The van der Waals surface area contributed by atoms with Gasteiger partial charge >= 0.3 is 6.09 Å². The van der Waals surface area contributed by atoms with E-state index in [-0.39, 0.29) is 19.3 Å². The molecule has 0 radical (unpaired) electrons. The van der Waals surface area contributed by atoms with Crippen molar-refractivity contribution < 1.29 is 24.1 Å². The van der Waals surface area contributed by atoms with E-state index in [1.807, 2.05) is 13.0 Å². The van der Waals surface area contributed by atoms with Gasteiger partial charge in [0.25, 0.3) is 0 Å². The lowest BCUT2D eigenvalue weighted by molar-refractivity contribution is 0.116. The van der Waals surface area contributed by atoms with Crippen molar-refractivity contribution >= 4 is 6.09 Å². The van der Waals surface area contributed by atoms with Crippen LogP contribution in [0.1, 0.15) is 18.5 Å². The Bertz CT molecular complexity index is 421. The first-order valence-electron chi connectivity index (χ1n) is 5.88. The van der Waals surface area contributed by atoms with E-state index in [4.69, 9.17) is 19.3 Å². The third-order valence-electron chi connectivity index (χ3n) is 2.57. The standard InChI is InChI=1S/C13H19NO5/c1-9(14-13(16)19-7-6-15)10-4-5-11(17-2)12(8-10)18-3/h4-5,8-9,15H,6-7H2,1-3H3,(H,14,16). The molecule has 1 unspecified atom stereocenters. The van der Waals surface area contributed by atoms with Gasteiger partial charge in [-0.3, -0.25) is 0 Å². The first kappa shape index (κ1) is 15.1. The monoisotopic (exact) mass is 269 g/mol. The van der Waals surface area contributed by atoms with Gasteiger partial charge in [0.1, 0.15) is 6.61 Å². The van der Waals surface area contributed by atoms with E-state index in [0.29, 0.717) is 11.5 Å². The fourth-order valence-corrected chi connectivity index (χ4v) is 1.56. The zero-order valence-corrected chi connectivity index (χ0v) is 11.3. The molecule has 0 aliphatic rings. The molecule has 1 aromatic rings. The summed E-state index contributed by atoms with van der Waals surface area (Å²) in [6.07, 6.45) is -0.573. The largest absolute Gasteiger partial charge is 0.493 e. The number of alkyl carbamates (subject to hydrolysis) is 1. The molecule has 0 aliphatic carbocycles. The van der Waals surface area contributed by atoms with Crippen LogP contribution in [0.25, 0.3) is 0 Å². The predicted molar refractivity (Wildman–Crippen MR) is 69.5 cm³/mol. The number of amides is 1. The Morgan fingerprint density at radius 3 is 2.58 bits per heavy atom. The molecule has 6 nitrogen and oxygen atoms in total. The molecule has 106 valence electrons. The average molecular weight is 269 g/mol. The Morgan fingerprint density at radius 1 is 1.32 bits per heavy atom. The molecular formula is C13H19NO5. The number of rotatable bonds is 6. The van der Waals surface area contributed by atoms with E-state index in [1.54, 1.807) is 26.4 Å². The van der Waals surface area contributed by atoms with Crippen molar-refractivity contribution in [2.75, 3.05) is 27.4 Å². The topological polar surface area (TPSA) is 77.0 Å². The molecule has 0 saturated carbocycles. The summed E-state index contributed by atoms with van der Waals surface area (Å²) < 4.78 is 15.1. The van der Waals surface area contributed by atoms with Crippen LogP contribution in [-0.2, 0) is 4.74 Å². The maximum Gasteiger partial charge on any atom is 0.407 e. The van der Waals surface area contributed by atoms with Crippen LogP contribution >= 0.6 is 0 Å². The van der Waals surface area contributed by atoms with Gasteiger partial charge in [0.15, 0.2) is 11.5 Å². The molecule has 0 aliphatic heterocycles. The molecule has 1 amide bonds. The minimum atomic E-state index is -0.573. The van der Waals surface area contributed by atoms with Crippen LogP contribution in [0.5, 0.6) is 11.5 Å². The van der Waals surface area contributed by atoms with Gasteiger partial charge in [-0.2, -0.15) is 0 Å². The Hall–Kier alpha value is -1.95. The lowest BCUT2D eigenvalue weighted by Gasteiger charge is -2.16. The first-order valence-corrected chi connectivity index (χ1v) is 5.88. The van der Waals surface area contributed by atoms with Gasteiger partial charge in [0.2, 0.25) is 0 Å². The van der Waals surface area contributed by atoms with E-state index in [0.717, 1.165) is 5.56 Å². The van der Waals surface area contributed by atoms with Crippen LogP contribution in [0.4, 0.5) is 4.79 Å². The van der Waals surface area contributed by atoms with Crippen molar-refractivity contribution in [1.82, 2.24) is 5.32 Å². The van der Waals surface area contributed by atoms with Crippen molar-refractivity contribution in [2.45, 2.75) is 13.0 Å². The summed E-state index contributed by atoms with van der Waals surface area (Å²) in [7, 11) is 3.11. The molecule has 6 heteroatoms. The fraction of sp³-hybridized carbons (Fsp3) is 0.462. The summed E-state index contributed by atoms with van der Waals surface area (Å²) >= 11 is 0. The number of carbonyl (C=O) groups excluding carboxylic acids is 1. The Morgan fingerprint density at radius 2 is 2.00 bits per heavy atom. The van der Waals surface area contributed by atoms with Crippen molar-refractivity contribution in [1.29, 1.82) is 0 Å². The van der Waals surface area contributed by atoms with Gasteiger partial charge in [-0.15, -0.1) is 0 Å². The van der Waals surface area contributed by atoms with Gasteiger partial charge in [0, 0.05) is 0 Å². The van der Waals surface area contributed by atoms with Gasteiger partial charge in [0.05, 0.1) is 26.9 Å². The number of ether oxygens (including phenoxy) is 3. The maximum absolute atomic E-state index is 11.4. The molecule has 1 aromatic carbocycles. The SMILES string of the molecule is COc1ccc(C(C)NC(=O)OCCO)cc1OC. The average Bonchev–Trinajstić information content (AvgIpc) is 2.44. The number of hydrogen-bond acceptors (Lipinski definition) is 5. The zero-order valence-electron chi connectivity index (χ0n) is 11.3. The maximum atomic E-state index is 11.4. The molecule has 19 heavy (non-hydrogen) atoms. The number of aliphatic hydroxyl groups is 1. The number of methoxy groups -OCH3 is 2. The fourth-order valence-electron chi connectivity index (χ4n) is 1.56. The highest BCUT2D eigenvalue weighted by Gasteiger charge is 2.13. The predicted octanol–water partition coefficient (Wildman–Crippen LogP) is 1.48. The van der Waals surface area contributed by atoms with E-state index >= 15 is 0 Å². The third-order valence-corrected chi connectivity index (χ3v) is 2.57. The summed E-state index contributed by atoms with van der Waals surface area (Å²) in [6, 6.07) is 5.14. The minimum Gasteiger partial charge on any atom is -0.493 e. The summed E-state index contributed by atoms with van der Waals surface area (Å²) in [5.41, 5.74) is 0.860. The van der Waals surface area contributed by atoms with Gasteiger partial charge in [-0.05, 0) is 24.6 Å². The van der Waals surface area contributed by atoms with Crippen molar-refractivity contribution in [2.24, 2.45) is 0 Å². The van der Waals surface area contributed by atoms with Crippen LogP contribution in [0.2, 0.25) is 0 Å². The number of benzene rings is 1. The molecule has 0 heterocycles. The molecule has 1 atom stereocenters. The molecule has 0 fully saturated rings. The summed E-state index contributed by atoms with van der Waals surface area (Å²) in [5, 5.41) is 11.2. The van der Waals surface area contributed by atoms with Crippen LogP contribution in [0.3, 0.4) is 0 Å². The normalized spacial score (nSPS) is 11.6. The zero-order chi connectivity index (χ0) is 14.3. The lowest BCUT2D eigenvalue weighted by Crippen LogP contribution is -2.28. The second-order valence-electron chi connectivity index (χ2n) is 3.84. The lowest BCUT2D eigenvalue weighted by atomic mass is 10.1. The van der Waals surface area contributed by atoms with Crippen molar-refractivity contribution in [3.05, 3.63) is 23.8 Å². The second-order valence-corrected chi connectivity index (χ2v) is 3.84. The highest BCUT2D eigenvalue weighted by molar-refractivity contribution is 5.67. The third kappa shape index (κ3) is 4.33. The summed E-state index contributed by atoms with van der Waals surface area (Å²) in [4.78, 5) is 11.4. The van der Waals surface area contributed by atoms with E-state index in [1.165, 1.54) is 0 Å². The Balaban J connectivity index is 2.71. The van der Waals surface area contributed by atoms with Gasteiger partial charge in [-0.25, -0.2) is 4.79 Å². The summed E-state index contributed by atoms with van der Waals surface area (Å²) in [6.45, 7) is 1.60. The second kappa shape index (κ2) is 7.48. The van der Waals surface area contributed by atoms with E-state index in [2.05, 4.69) is 5.32 Å². The number of nitrogens with one attached hydrogen (secondary N) is 1. The molecule has 0 saturated heterocycles. The number of carbonyl (C=O) groups is 1. The van der Waals surface area contributed by atoms with Gasteiger partial charge < -0.3 is 24.6 Å².